The summed E-state index contributed by atoms with van der Waals surface area (Å²) in [7, 11) is 0. The van der Waals surface area contributed by atoms with Crippen LogP contribution in [0.25, 0.3) is 10.2 Å². The first-order valence-corrected chi connectivity index (χ1v) is 11.7. The third-order valence-electron chi connectivity index (χ3n) is 5.91. The molecule has 2 aliphatic rings. The van der Waals surface area contributed by atoms with Gasteiger partial charge in [0.2, 0.25) is 5.91 Å². The normalized spacial score (nSPS) is 20.1. The molecule has 0 aromatic carbocycles. The Balaban J connectivity index is 1.69. The number of piperazine rings is 1. The van der Waals surface area contributed by atoms with Gasteiger partial charge in [0.25, 0.3) is 0 Å². The maximum absolute atomic E-state index is 12.2. The first-order chi connectivity index (χ1) is 13.5. The molecule has 1 atom stereocenters. The molecule has 7 heteroatoms. The highest BCUT2D eigenvalue weighted by molar-refractivity contribution is 7.19. The minimum Gasteiger partial charge on any atom is -0.352 e. The predicted molar refractivity (Wildman–Crippen MR) is 117 cm³/mol. The van der Waals surface area contributed by atoms with Crippen molar-refractivity contribution in [1.29, 1.82) is 0 Å². The lowest BCUT2D eigenvalue weighted by atomic mass is 9.89. The summed E-state index contributed by atoms with van der Waals surface area (Å²) in [5.74, 6) is 3.61. The second-order valence-electron chi connectivity index (χ2n) is 8.40. The van der Waals surface area contributed by atoms with E-state index in [1.807, 2.05) is 16.2 Å². The lowest BCUT2D eigenvalue weighted by Gasteiger charge is -2.36. The fourth-order valence-electron chi connectivity index (χ4n) is 4.23. The largest absolute Gasteiger partial charge is 0.352 e. The molecule has 4 rings (SSSR count). The topological polar surface area (TPSA) is 49.3 Å². The van der Waals surface area contributed by atoms with Gasteiger partial charge in [-0.1, -0.05) is 20.8 Å². The lowest BCUT2D eigenvalue weighted by molar-refractivity contribution is -0.131. The Kier molecular flexibility index (Phi) is 5.79. The molecule has 0 N–H and O–H groups in total. The van der Waals surface area contributed by atoms with Crippen LogP contribution in [0.5, 0.6) is 0 Å². The number of hydrogen-bond donors (Lipinski definition) is 0. The van der Waals surface area contributed by atoms with Gasteiger partial charge in [-0.25, -0.2) is 9.97 Å². The van der Waals surface area contributed by atoms with Gasteiger partial charge in [0, 0.05) is 49.3 Å². The number of rotatable bonds is 4. The summed E-state index contributed by atoms with van der Waals surface area (Å²) < 4.78 is 0. The van der Waals surface area contributed by atoms with Crippen molar-refractivity contribution in [3.63, 3.8) is 0 Å². The van der Waals surface area contributed by atoms with Crippen molar-refractivity contribution in [3.8, 4) is 0 Å². The molecular weight excluding hydrogens is 392 g/mol. The van der Waals surface area contributed by atoms with Crippen LogP contribution in [0.2, 0.25) is 0 Å². The zero-order valence-corrected chi connectivity index (χ0v) is 18.6. The summed E-state index contributed by atoms with van der Waals surface area (Å²) in [5, 5.41) is 1.27. The highest BCUT2D eigenvalue weighted by Gasteiger charge is 2.28. The number of nitrogens with zero attached hydrogens (tertiary/aromatic N) is 4. The van der Waals surface area contributed by atoms with Gasteiger partial charge in [-0.3, -0.25) is 4.79 Å². The molecule has 152 valence electrons. The van der Waals surface area contributed by atoms with Crippen molar-refractivity contribution < 1.29 is 4.79 Å². The first kappa shape index (κ1) is 19.9. The first-order valence-electron chi connectivity index (χ1n) is 10.4. The van der Waals surface area contributed by atoms with Crippen molar-refractivity contribution in [2.24, 2.45) is 5.92 Å². The summed E-state index contributed by atoms with van der Waals surface area (Å²) in [5.41, 5.74) is 1.48. The monoisotopic (exact) mass is 420 g/mol. The van der Waals surface area contributed by atoms with Crippen molar-refractivity contribution in [1.82, 2.24) is 14.9 Å². The summed E-state index contributed by atoms with van der Waals surface area (Å²) >= 11 is 7.61. The summed E-state index contributed by atoms with van der Waals surface area (Å²) in [6, 6.07) is 0. The maximum atomic E-state index is 12.2. The van der Waals surface area contributed by atoms with Gasteiger partial charge in [0.15, 0.2) is 0 Å². The molecule has 28 heavy (non-hydrogen) atoms. The fourth-order valence-corrected chi connectivity index (χ4v) is 5.78. The maximum Gasteiger partial charge on any atom is 0.223 e. The number of alkyl halides is 1. The number of carbonyl (C=O) groups excluding carboxylic acids is 1. The molecule has 0 saturated carbocycles. The van der Waals surface area contributed by atoms with Crippen LogP contribution in [-0.2, 0) is 17.6 Å². The standard InChI is InChI=1S/C21H29ClN4OS/c1-13(2)19-23-20(26-10-8-25(9-11-26)17(27)6-7-22)18-15-5-4-14(3)12-16(15)28-21(18)24-19/h13-14H,4-12H2,1-3H3/t14-/m0/s1. The van der Waals surface area contributed by atoms with Crippen molar-refractivity contribution in [3.05, 3.63) is 16.3 Å². The van der Waals surface area contributed by atoms with Crippen LogP contribution >= 0.6 is 22.9 Å². The minimum absolute atomic E-state index is 0.159. The van der Waals surface area contributed by atoms with E-state index in [0.717, 1.165) is 61.4 Å². The molecular formula is C21H29ClN4OS. The van der Waals surface area contributed by atoms with Gasteiger partial charge in [-0.05, 0) is 30.7 Å². The number of amides is 1. The molecule has 2 aromatic rings. The molecule has 1 saturated heterocycles. The molecule has 2 aromatic heterocycles. The molecule has 3 heterocycles. The summed E-state index contributed by atoms with van der Waals surface area (Å²) in [6.45, 7) is 9.77. The molecule has 0 radical (unpaired) electrons. The highest BCUT2D eigenvalue weighted by atomic mass is 35.5. The van der Waals surface area contributed by atoms with Crippen LogP contribution in [0, 0.1) is 5.92 Å². The van der Waals surface area contributed by atoms with E-state index in [2.05, 4.69) is 25.7 Å². The van der Waals surface area contributed by atoms with Gasteiger partial charge in [0.05, 0.1) is 5.39 Å². The number of halogens is 1. The van der Waals surface area contributed by atoms with E-state index in [0.29, 0.717) is 18.2 Å². The number of thiophene rings is 1. The Hall–Kier alpha value is -1.40. The van der Waals surface area contributed by atoms with E-state index < -0.39 is 0 Å². The average Bonchev–Trinajstić information content (AvgIpc) is 3.04. The number of carbonyl (C=O) groups is 1. The Morgan fingerprint density at radius 3 is 2.68 bits per heavy atom. The number of fused-ring (bicyclic) bond motifs is 3. The molecule has 0 bridgehead atoms. The van der Waals surface area contributed by atoms with E-state index in [1.54, 1.807) is 0 Å². The number of anilines is 1. The van der Waals surface area contributed by atoms with Crippen molar-refractivity contribution >= 4 is 44.9 Å². The number of aryl methyl sites for hydroxylation is 1. The van der Waals surface area contributed by atoms with Crippen molar-refractivity contribution in [2.75, 3.05) is 37.0 Å². The summed E-state index contributed by atoms with van der Waals surface area (Å²) in [4.78, 5) is 29.1. The SMILES string of the molecule is CC(C)c1nc(N2CCN(C(=O)CCCl)CC2)c2c3c(sc2n1)C[C@@H](C)CC3. The van der Waals surface area contributed by atoms with E-state index in [-0.39, 0.29) is 5.91 Å². The fraction of sp³-hybridized carbons (Fsp3) is 0.667. The Morgan fingerprint density at radius 1 is 1.25 bits per heavy atom. The van der Waals surface area contributed by atoms with Crippen LogP contribution in [0.4, 0.5) is 5.82 Å². The smallest absolute Gasteiger partial charge is 0.223 e. The Morgan fingerprint density at radius 2 is 2.00 bits per heavy atom. The van der Waals surface area contributed by atoms with Crippen LogP contribution in [0.15, 0.2) is 0 Å². The number of hydrogen-bond acceptors (Lipinski definition) is 5. The molecule has 1 fully saturated rings. The third kappa shape index (κ3) is 3.73. The molecule has 1 aliphatic heterocycles. The zero-order valence-electron chi connectivity index (χ0n) is 17.0. The second-order valence-corrected chi connectivity index (χ2v) is 9.86. The molecule has 1 amide bonds. The Bertz CT molecular complexity index is 873. The van der Waals surface area contributed by atoms with Crippen LogP contribution in [0.3, 0.4) is 0 Å². The molecule has 0 unspecified atom stereocenters. The van der Waals surface area contributed by atoms with Crippen LogP contribution in [-0.4, -0.2) is 52.8 Å². The average molecular weight is 421 g/mol. The lowest BCUT2D eigenvalue weighted by Crippen LogP contribution is -2.49. The van der Waals surface area contributed by atoms with E-state index in [1.165, 1.54) is 22.2 Å². The number of aromatic nitrogens is 2. The molecule has 0 spiro atoms. The van der Waals surface area contributed by atoms with Gasteiger partial charge in [-0.2, -0.15) is 0 Å². The Labute approximate surface area is 176 Å². The highest BCUT2D eigenvalue weighted by Crippen LogP contribution is 2.41. The van der Waals surface area contributed by atoms with E-state index in [4.69, 9.17) is 21.6 Å². The second kappa shape index (κ2) is 8.15. The van der Waals surface area contributed by atoms with Gasteiger partial charge in [-0.15, -0.1) is 22.9 Å². The van der Waals surface area contributed by atoms with E-state index >= 15 is 0 Å². The summed E-state index contributed by atoms with van der Waals surface area (Å²) in [6.07, 6.45) is 3.95. The zero-order chi connectivity index (χ0) is 19.8. The van der Waals surface area contributed by atoms with Gasteiger partial charge >= 0.3 is 0 Å². The van der Waals surface area contributed by atoms with Crippen LogP contribution < -0.4 is 4.90 Å². The van der Waals surface area contributed by atoms with Crippen molar-refractivity contribution in [2.45, 2.75) is 52.4 Å². The van der Waals surface area contributed by atoms with Crippen LogP contribution in [0.1, 0.15) is 55.8 Å². The minimum atomic E-state index is 0.159. The van der Waals surface area contributed by atoms with E-state index in [9.17, 15) is 4.79 Å². The predicted octanol–water partition coefficient (Wildman–Crippen LogP) is 4.22. The quantitative estimate of drug-likeness (QED) is 0.695. The van der Waals surface area contributed by atoms with Gasteiger partial charge < -0.3 is 9.80 Å². The van der Waals surface area contributed by atoms with Gasteiger partial charge in [0.1, 0.15) is 16.5 Å². The molecule has 1 aliphatic carbocycles. The third-order valence-corrected chi connectivity index (χ3v) is 7.25. The molecule has 5 nitrogen and oxygen atoms in total.